The number of nitrogens with one attached hydrogen (secondary N) is 2. The minimum atomic E-state index is -0.412. The Morgan fingerprint density at radius 2 is 1.86 bits per heavy atom. The Kier molecular flexibility index (Phi) is 5.82. The summed E-state index contributed by atoms with van der Waals surface area (Å²) in [5.74, 6) is -0.613. The molecule has 0 radical (unpaired) electrons. The first-order chi connectivity index (χ1) is 14.0. The maximum Gasteiger partial charge on any atom is 0.269 e. The number of aryl methyl sites for hydroxylation is 3. The fraction of sp³-hybridized carbons (Fsp3) is 0.333. The number of amides is 2. The molecule has 3 aromatic rings. The molecule has 2 heterocycles. The number of carbonyl (C=O) groups is 2. The molecular weight excluding hydrogens is 404 g/mol. The van der Waals surface area contributed by atoms with E-state index in [1.807, 2.05) is 26.0 Å². The number of carbonyl (C=O) groups excluding carboxylic acids is 2. The highest BCUT2D eigenvalue weighted by atomic mass is 32.2. The van der Waals surface area contributed by atoms with E-state index in [1.165, 1.54) is 35.0 Å². The Bertz CT molecular complexity index is 1060. The van der Waals surface area contributed by atoms with Crippen molar-refractivity contribution in [1.29, 1.82) is 0 Å². The van der Waals surface area contributed by atoms with Gasteiger partial charge in [-0.15, -0.1) is 11.3 Å². The minimum absolute atomic E-state index is 0.272. The third-order valence-electron chi connectivity index (χ3n) is 4.99. The molecule has 2 amide bonds. The Balaban J connectivity index is 1.43. The molecule has 8 heteroatoms. The zero-order valence-electron chi connectivity index (χ0n) is 16.3. The third-order valence-corrected chi connectivity index (χ3v) is 7.29. The van der Waals surface area contributed by atoms with Crippen LogP contribution in [-0.2, 0) is 17.6 Å². The van der Waals surface area contributed by atoms with Gasteiger partial charge in [0.25, 0.3) is 11.8 Å². The lowest BCUT2D eigenvalue weighted by Crippen LogP contribution is -2.44. The highest BCUT2D eigenvalue weighted by molar-refractivity contribution is 8.00. The fourth-order valence-corrected chi connectivity index (χ4v) is 5.61. The lowest BCUT2D eigenvalue weighted by atomic mass is 9.97. The number of fused-ring (bicyclic) bond motifs is 3. The van der Waals surface area contributed by atoms with Crippen molar-refractivity contribution in [3.8, 4) is 0 Å². The lowest BCUT2D eigenvalue weighted by Gasteiger charge is -2.14. The van der Waals surface area contributed by atoms with E-state index in [-0.39, 0.29) is 11.8 Å². The van der Waals surface area contributed by atoms with Crippen molar-refractivity contribution in [2.45, 2.75) is 49.8 Å². The summed E-state index contributed by atoms with van der Waals surface area (Å²) in [4.78, 5) is 36.0. The molecule has 4 rings (SSSR count). The number of hydrogen-bond acceptors (Lipinski definition) is 6. The number of thiophene rings is 1. The van der Waals surface area contributed by atoms with Gasteiger partial charge in [-0.25, -0.2) is 9.97 Å². The molecule has 1 unspecified atom stereocenters. The molecule has 0 spiro atoms. The van der Waals surface area contributed by atoms with Crippen LogP contribution < -0.4 is 10.9 Å². The van der Waals surface area contributed by atoms with E-state index in [1.54, 1.807) is 29.8 Å². The molecule has 1 atom stereocenters. The first-order valence-corrected chi connectivity index (χ1v) is 11.3. The predicted octanol–water partition coefficient (Wildman–Crippen LogP) is 3.82. The van der Waals surface area contributed by atoms with Crippen LogP contribution >= 0.6 is 23.1 Å². The molecule has 1 aromatic carbocycles. The molecule has 0 saturated heterocycles. The summed E-state index contributed by atoms with van der Waals surface area (Å²) in [5.41, 5.74) is 7.92. The predicted molar refractivity (Wildman–Crippen MR) is 116 cm³/mol. The van der Waals surface area contributed by atoms with Gasteiger partial charge < -0.3 is 0 Å². The number of nitrogens with zero attached hydrogens (tertiary/aromatic N) is 2. The van der Waals surface area contributed by atoms with Crippen molar-refractivity contribution in [3.05, 3.63) is 52.2 Å². The molecule has 0 bridgehead atoms. The Morgan fingerprint density at radius 1 is 1.10 bits per heavy atom. The number of hydrogen-bond donors (Lipinski definition) is 2. The van der Waals surface area contributed by atoms with Crippen LogP contribution in [-0.4, -0.2) is 27.0 Å². The normalized spacial score (nSPS) is 14.3. The van der Waals surface area contributed by atoms with Gasteiger partial charge in [-0.05, 0) is 57.2 Å². The first-order valence-electron chi connectivity index (χ1n) is 9.61. The van der Waals surface area contributed by atoms with Gasteiger partial charge in [0.1, 0.15) is 16.2 Å². The van der Waals surface area contributed by atoms with Crippen LogP contribution in [0.5, 0.6) is 0 Å². The largest absolute Gasteiger partial charge is 0.272 e. The van der Waals surface area contributed by atoms with Gasteiger partial charge in [-0.2, -0.15) is 0 Å². The van der Waals surface area contributed by atoms with Gasteiger partial charge in [-0.1, -0.05) is 29.5 Å². The van der Waals surface area contributed by atoms with Crippen molar-refractivity contribution >= 4 is 45.1 Å². The van der Waals surface area contributed by atoms with Gasteiger partial charge in [0.15, 0.2) is 0 Å². The average Bonchev–Trinajstić information content (AvgIpc) is 3.11. The van der Waals surface area contributed by atoms with Gasteiger partial charge in [-0.3, -0.25) is 20.4 Å². The monoisotopic (exact) mass is 426 g/mol. The van der Waals surface area contributed by atoms with E-state index in [4.69, 9.17) is 0 Å². The van der Waals surface area contributed by atoms with Crippen molar-refractivity contribution in [1.82, 2.24) is 20.8 Å². The van der Waals surface area contributed by atoms with E-state index < -0.39 is 5.25 Å². The number of rotatable bonds is 4. The molecular formula is C21H22N4O2S2. The molecule has 1 aliphatic rings. The summed E-state index contributed by atoms with van der Waals surface area (Å²) in [6, 6.07) is 7.17. The summed E-state index contributed by atoms with van der Waals surface area (Å²) < 4.78 is 0. The minimum Gasteiger partial charge on any atom is -0.272 e. The fourth-order valence-electron chi connectivity index (χ4n) is 3.37. The summed E-state index contributed by atoms with van der Waals surface area (Å²) in [6.07, 6.45) is 6.11. The topological polar surface area (TPSA) is 84.0 Å². The van der Waals surface area contributed by atoms with Crippen LogP contribution in [0.25, 0.3) is 10.2 Å². The standard InChI is InChI=1S/C21H22N4O2S2/c1-12-7-9-14(10-8-12)19(27)25-24-18(26)13(2)28-20-17-15-5-3-4-6-16(15)29-21(17)23-11-22-20/h7-11,13H,3-6H2,1-2H3,(H,24,26)(H,25,27). The van der Waals surface area contributed by atoms with E-state index in [0.29, 0.717) is 5.56 Å². The van der Waals surface area contributed by atoms with E-state index in [0.717, 1.165) is 33.6 Å². The van der Waals surface area contributed by atoms with Gasteiger partial charge >= 0.3 is 0 Å². The van der Waals surface area contributed by atoms with Crippen LogP contribution in [0.2, 0.25) is 0 Å². The number of thioether (sulfide) groups is 1. The van der Waals surface area contributed by atoms with Crippen molar-refractivity contribution < 1.29 is 9.59 Å². The maximum absolute atomic E-state index is 12.5. The molecule has 0 fully saturated rings. The van der Waals surface area contributed by atoms with Crippen molar-refractivity contribution in [3.63, 3.8) is 0 Å². The van der Waals surface area contributed by atoms with Crippen molar-refractivity contribution in [2.24, 2.45) is 0 Å². The maximum atomic E-state index is 12.5. The highest BCUT2D eigenvalue weighted by Gasteiger charge is 2.23. The van der Waals surface area contributed by atoms with Crippen LogP contribution in [0.3, 0.4) is 0 Å². The van der Waals surface area contributed by atoms with Crippen LogP contribution in [0.15, 0.2) is 35.6 Å². The zero-order chi connectivity index (χ0) is 20.4. The average molecular weight is 427 g/mol. The summed E-state index contributed by atoms with van der Waals surface area (Å²) in [5, 5.41) is 1.52. The Labute approximate surface area is 177 Å². The molecule has 2 N–H and O–H groups in total. The van der Waals surface area contributed by atoms with E-state index in [9.17, 15) is 9.59 Å². The third kappa shape index (κ3) is 4.28. The molecule has 2 aromatic heterocycles. The SMILES string of the molecule is Cc1ccc(C(=O)NNC(=O)C(C)Sc2ncnc3sc4c(c23)CCCC4)cc1. The van der Waals surface area contributed by atoms with Crippen LogP contribution in [0, 0.1) is 6.92 Å². The highest BCUT2D eigenvalue weighted by Crippen LogP contribution is 2.40. The molecule has 29 heavy (non-hydrogen) atoms. The summed E-state index contributed by atoms with van der Waals surface area (Å²) in [7, 11) is 0. The van der Waals surface area contributed by atoms with Crippen LogP contribution in [0.4, 0.5) is 0 Å². The van der Waals surface area contributed by atoms with E-state index in [2.05, 4.69) is 20.8 Å². The number of hydrazine groups is 1. The summed E-state index contributed by atoms with van der Waals surface area (Å²) in [6.45, 7) is 3.77. The molecule has 150 valence electrons. The molecule has 0 saturated carbocycles. The molecule has 6 nitrogen and oxygen atoms in total. The van der Waals surface area contributed by atoms with Gasteiger partial charge in [0.2, 0.25) is 0 Å². The smallest absolute Gasteiger partial charge is 0.269 e. The summed E-state index contributed by atoms with van der Waals surface area (Å²) >= 11 is 3.14. The van der Waals surface area contributed by atoms with Crippen molar-refractivity contribution in [2.75, 3.05) is 0 Å². The van der Waals surface area contributed by atoms with Crippen LogP contribution in [0.1, 0.15) is 46.1 Å². The zero-order valence-corrected chi connectivity index (χ0v) is 18.0. The van der Waals surface area contributed by atoms with Gasteiger partial charge in [0.05, 0.1) is 5.25 Å². The van der Waals surface area contributed by atoms with E-state index >= 15 is 0 Å². The molecule has 1 aliphatic carbocycles. The number of benzene rings is 1. The quantitative estimate of drug-likeness (QED) is 0.376. The second kappa shape index (κ2) is 8.51. The van der Waals surface area contributed by atoms with Gasteiger partial charge in [0, 0.05) is 15.8 Å². The molecule has 0 aliphatic heterocycles. The first kappa shape index (κ1) is 19.8. The number of aromatic nitrogens is 2. The second-order valence-corrected chi connectivity index (χ2v) is 9.55. The Morgan fingerprint density at radius 3 is 2.66 bits per heavy atom. The second-order valence-electron chi connectivity index (χ2n) is 7.14. The Hall–Kier alpha value is -2.45. The lowest BCUT2D eigenvalue weighted by molar-refractivity contribution is -0.121.